The molecule has 100 valence electrons. The molecule has 0 atom stereocenters. The fourth-order valence-electron chi connectivity index (χ4n) is 3.04. The number of phenols is 1. The van der Waals surface area contributed by atoms with E-state index in [0.29, 0.717) is 22.9 Å². The lowest BCUT2D eigenvalue weighted by molar-refractivity contribution is 0.384. The van der Waals surface area contributed by atoms with Gasteiger partial charge in [-0.2, -0.15) is 0 Å². The van der Waals surface area contributed by atoms with Crippen molar-refractivity contribution in [3.8, 4) is 11.5 Å². The predicted octanol–water partition coefficient (Wildman–Crippen LogP) is 3.13. The molecule has 3 nitrogen and oxygen atoms in total. The fraction of sp³-hybridized carbons (Fsp3) is 0.571. The van der Waals surface area contributed by atoms with E-state index in [9.17, 15) is 5.11 Å². The van der Waals surface area contributed by atoms with Crippen LogP contribution >= 0.6 is 11.6 Å². The zero-order chi connectivity index (χ0) is 13.3. The molecule has 1 fully saturated rings. The first-order valence-electron chi connectivity index (χ1n) is 6.32. The van der Waals surface area contributed by atoms with E-state index in [0.717, 1.165) is 31.2 Å². The molecule has 1 aromatic carbocycles. The Labute approximate surface area is 113 Å². The topological polar surface area (TPSA) is 55.5 Å². The monoisotopic (exact) mass is 269 g/mol. The molecule has 1 aromatic rings. The van der Waals surface area contributed by atoms with Crippen molar-refractivity contribution < 1.29 is 9.84 Å². The van der Waals surface area contributed by atoms with Gasteiger partial charge >= 0.3 is 0 Å². The predicted molar refractivity (Wildman–Crippen MR) is 73.6 cm³/mol. The maximum atomic E-state index is 10.4. The van der Waals surface area contributed by atoms with E-state index in [1.165, 1.54) is 0 Å². The van der Waals surface area contributed by atoms with Gasteiger partial charge in [-0.05, 0) is 25.8 Å². The average molecular weight is 270 g/mol. The van der Waals surface area contributed by atoms with Crippen LogP contribution in [-0.2, 0) is 5.41 Å². The second-order valence-electron chi connectivity index (χ2n) is 5.10. The Kier molecular flexibility index (Phi) is 3.74. The van der Waals surface area contributed by atoms with Gasteiger partial charge in [-0.15, -0.1) is 0 Å². The fourth-order valence-corrected chi connectivity index (χ4v) is 3.37. The van der Waals surface area contributed by atoms with Crippen LogP contribution in [0.5, 0.6) is 11.5 Å². The number of halogens is 1. The number of benzene rings is 1. The molecule has 0 aliphatic heterocycles. The summed E-state index contributed by atoms with van der Waals surface area (Å²) >= 11 is 6.23. The van der Waals surface area contributed by atoms with E-state index >= 15 is 0 Å². The third kappa shape index (κ3) is 1.95. The summed E-state index contributed by atoms with van der Waals surface area (Å²) in [5.74, 6) is 0.826. The van der Waals surface area contributed by atoms with Crippen LogP contribution in [0.1, 0.15) is 36.8 Å². The second kappa shape index (κ2) is 4.98. The Balaban J connectivity index is 2.58. The number of phenolic OH excluding ortho intramolecular Hbond substituents is 1. The van der Waals surface area contributed by atoms with Crippen LogP contribution in [0, 0.1) is 6.92 Å². The van der Waals surface area contributed by atoms with Crippen molar-refractivity contribution in [1.82, 2.24) is 0 Å². The average Bonchev–Trinajstić information content (AvgIpc) is 2.84. The molecule has 1 aliphatic carbocycles. The molecule has 3 N–H and O–H groups in total. The summed E-state index contributed by atoms with van der Waals surface area (Å²) < 4.78 is 5.22. The summed E-state index contributed by atoms with van der Waals surface area (Å²) in [6, 6.07) is 1.82. The van der Waals surface area contributed by atoms with Crippen LogP contribution in [0.15, 0.2) is 6.07 Å². The number of hydrogen-bond donors (Lipinski definition) is 2. The molecule has 0 amide bonds. The number of nitrogens with two attached hydrogens (primary N) is 1. The van der Waals surface area contributed by atoms with Crippen molar-refractivity contribution in [2.24, 2.45) is 5.73 Å². The standard InChI is InChI=1S/C14H20ClNO2/c1-9-12(17)10(7-11(15)13(9)18-2)14(8-16)5-3-4-6-14/h7,17H,3-6,8,16H2,1-2H3. The lowest BCUT2D eigenvalue weighted by atomic mass is 9.77. The molecular weight excluding hydrogens is 250 g/mol. The summed E-state index contributed by atoms with van der Waals surface area (Å²) in [6.45, 7) is 2.37. The molecule has 2 rings (SSSR count). The Bertz CT molecular complexity index is 454. The van der Waals surface area contributed by atoms with Crippen molar-refractivity contribution in [3.05, 3.63) is 22.2 Å². The molecular formula is C14H20ClNO2. The molecule has 0 saturated heterocycles. The molecule has 18 heavy (non-hydrogen) atoms. The Morgan fingerprint density at radius 1 is 1.44 bits per heavy atom. The zero-order valence-electron chi connectivity index (χ0n) is 10.9. The zero-order valence-corrected chi connectivity index (χ0v) is 11.7. The summed E-state index contributed by atoms with van der Waals surface area (Å²) in [5, 5.41) is 10.9. The van der Waals surface area contributed by atoms with Gasteiger partial charge in [0.05, 0.1) is 12.1 Å². The van der Waals surface area contributed by atoms with Gasteiger partial charge in [0, 0.05) is 23.1 Å². The number of rotatable bonds is 3. The minimum Gasteiger partial charge on any atom is -0.507 e. The summed E-state index contributed by atoms with van der Waals surface area (Å²) in [4.78, 5) is 0. The van der Waals surface area contributed by atoms with Crippen molar-refractivity contribution in [1.29, 1.82) is 0 Å². The minimum absolute atomic E-state index is 0.120. The third-order valence-corrected chi connectivity index (χ3v) is 4.45. The van der Waals surface area contributed by atoms with Crippen LogP contribution in [-0.4, -0.2) is 18.8 Å². The number of hydrogen-bond acceptors (Lipinski definition) is 3. The van der Waals surface area contributed by atoms with Crippen LogP contribution in [0.4, 0.5) is 0 Å². The van der Waals surface area contributed by atoms with Crippen LogP contribution in [0.25, 0.3) is 0 Å². The number of aromatic hydroxyl groups is 1. The first-order valence-corrected chi connectivity index (χ1v) is 6.70. The van der Waals surface area contributed by atoms with Crippen molar-refractivity contribution in [2.75, 3.05) is 13.7 Å². The van der Waals surface area contributed by atoms with Gasteiger partial charge in [0.25, 0.3) is 0 Å². The van der Waals surface area contributed by atoms with Gasteiger partial charge in [0.2, 0.25) is 0 Å². The SMILES string of the molecule is COc1c(Cl)cc(C2(CN)CCCC2)c(O)c1C. The summed E-state index contributed by atoms with van der Waals surface area (Å²) in [7, 11) is 1.56. The number of methoxy groups -OCH3 is 1. The van der Waals surface area contributed by atoms with E-state index in [4.69, 9.17) is 22.1 Å². The van der Waals surface area contributed by atoms with Gasteiger partial charge < -0.3 is 15.6 Å². The van der Waals surface area contributed by atoms with Crippen molar-refractivity contribution in [3.63, 3.8) is 0 Å². The molecule has 0 spiro atoms. The minimum atomic E-state index is -0.120. The molecule has 0 radical (unpaired) electrons. The molecule has 4 heteroatoms. The van der Waals surface area contributed by atoms with Crippen LogP contribution in [0.2, 0.25) is 5.02 Å². The van der Waals surface area contributed by atoms with Gasteiger partial charge in [0.1, 0.15) is 11.5 Å². The summed E-state index contributed by atoms with van der Waals surface area (Å²) in [5.41, 5.74) is 7.41. The van der Waals surface area contributed by atoms with E-state index in [-0.39, 0.29) is 11.2 Å². The maximum absolute atomic E-state index is 10.4. The smallest absolute Gasteiger partial charge is 0.144 e. The van der Waals surface area contributed by atoms with E-state index < -0.39 is 0 Å². The van der Waals surface area contributed by atoms with E-state index in [2.05, 4.69) is 0 Å². The van der Waals surface area contributed by atoms with Gasteiger partial charge in [-0.1, -0.05) is 24.4 Å². The highest BCUT2D eigenvalue weighted by molar-refractivity contribution is 6.32. The highest BCUT2D eigenvalue weighted by atomic mass is 35.5. The largest absolute Gasteiger partial charge is 0.507 e. The number of ether oxygens (including phenoxy) is 1. The van der Waals surface area contributed by atoms with E-state index in [1.807, 2.05) is 13.0 Å². The first kappa shape index (κ1) is 13.5. The highest BCUT2D eigenvalue weighted by Gasteiger charge is 2.37. The molecule has 0 aromatic heterocycles. The Hall–Kier alpha value is -0.930. The molecule has 0 bridgehead atoms. The van der Waals surface area contributed by atoms with Crippen LogP contribution in [0.3, 0.4) is 0 Å². The van der Waals surface area contributed by atoms with E-state index in [1.54, 1.807) is 7.11 Å². The van der Waals surface area contributed by atoms with Crippen molar-refractivity contribution in [2.45, 2.75) is 38.0 Å². The van der Waals surface area contributed by atoms with Crippen molar-refractivity contribution >= 4 is 11.6 Å². The summed E-state index contributed by atoms with van der Waals surface area (Å²) in [6.07, 6.45) is 4.33. The molecule has 1 saturated carbocycles. The Morgan fingerprint density at radius 2 is 2.06 bits per heavy atom. The molecule has 0 heterocycles. The molecule has 1 aliphatic rings. The second-order valence-corrected chi connectivity index (χ2v) is 5.51. The Morgan fingerprint density at radius 3 is 2.56 bits per heavy atom. The lowest BCUT2D eigenvalue weighted by Gasteiger charge is -2.30. The van der Waals surface area contributed by atoms with Gasteiger partial charge in [-0.25, -0.2) is 0 Å². The highest BCUT2D eigenvalue weighted by Crippen LogP contribution is 2.48. The third-order valence-electron chi connectivity index (χ3n) is 4.17. The lowest BCUT2D eigenvalue weighted by Crippen LogP contribution is -2.32. The van der Waals surface area contributed by atoms with Gasteiger partial charge in [0.15, 0.2) is 0 Å². The first-order chi connectivity index (χ1) is 8.55. The molecule has 0 unspecified atom stereocenters. The van der Waals surface area contributed by atoms with Gasteiger partial charge in [-0.3, -0.25) is 0 Å². The van der Waals surface area contributed by atoms with Crippen LogP contribution < -0.4 is 10.5 Å². The maximum Gasteiger partial charge on any atom is 0.144 e. The normalized spacial score (nSPS) is 18.0. The quantitative estimate of drug-likeness (QED) is 0.886.